The van der Waals surface area contributed by atoms with E-state index in [0.717, 1.165) is 11.3 Å². The van der Waals surface area contributed by atoms with Crippen LogP contribution in [0, 0.1) is 5.82 Å². The largest absolute Gasteiger partial charge is 0.497 e. The number of guanidine groups is 1. The first-order chi connectivity index (χ1) is 14.4. The van der Waals surface area contributed by atoms with Gasteiger partial charge in [-0.1, -0.05) is 12.1 Å². The molecule has 0 saturated heterocycles. The number of nitrogens with zero attached hydrogens (tertiary/aromatic N) is 3. The molecule has 31 heavy (non-hydrogen) atoms. The van der Waals surface area contributed by atoms with E-state index in [0.29, 0.717) is 31.4 Å². The van der Waals surface area contributed by atoms with Crippen LogP contribution in [0.1, 0.15) is 5.56 Å². The molecule has 0 bridgehead atoms. The van der Waals surface area contributed by atoms with Crippen molar-refractivity contribution < 1.29 is 18.7 Å². The summed E-state index contributed by atoms with van der Waals surface area (Å²) in [7, 11) is 6.91. The lowest BCUT2D eigenvalue weighted by molar-refractivity contribution is -0.127. The summed E-state index contributed by atoms with van der Waals surface area (Å²) in [6.07, 6.45) is 0. The third-order valence-corrected chi connectivity index (χ3v) is 4.34. The Hall–Kier alpha value is -2.56. The van der Waals surface area contributed by atoms with Gasteiger partial charge in [-0.2, -0.15) is 0 Å². The van der Waals surface area contributed by atoms with Crippen molar-refractivity contribution in [3.05, 3.63) is 59.9 Å². The van der Waals surface area contributed by atoms with Crippen LogP contribution in [-0.4, -0.2) is 69.6 Å². The first kappa shape index (κ1) is 26.5. The molecule has 0 saturated carbocycles. The standard InChI is InChI=1S/C22H29FN4O3.HI/c1-26(2)21(28)16-25-22(24-15-17-5-9-19(29-4)10-6-17)27(3)13-14-30-20-11-7-18(23)8-12-20;/h5-12H,13-16H2,1-4H3,(H,24,25);1H. The molecule has 0 spiro atoms. The predicted molar refractivity (Wildman–Crippen MR) is 131 cm³/mol. The second-order valence-electron chi connectivity index (χ2n) is 6.85. The summed E-state index contributed by atoms with van der Waals surface area (Å²) in [5.74, 6) is 1.61. The van der Waals surface area contributed by atoms with Crippen molar-refractivity contribution >= 4 is 35.8 Å². The molecule has 0 aromatic heterocycles. The van der Waals surface area contributed by atoms with Crippen LogP contribution in [-0.2, 0) is 11.3 Å². The number of likely N-dealkylation sites (N-methyl/N-ethyl adjacent to an activating group) is 2. The number of halogens is 2. The maximum Gasteiger partial charge on any atom is 0.241 e. The van der Waals surface area contributed by atoms with Gasteiger partial charge in [0, 0.05) is 21.1 Å². The van der Waals surface area contributed by atoms with Gasteiger partial charge in [0.15, 0.2) is 5.96 Å². The Morgan fingerprint density at radius 3 is 2.23 bits per heavy atom. The third kappa shape index (κ3) is 9.41. The number of carbonyl (C=O) groups excluding carboxylic acids is 1. The molecule has 2 aromatic carbocycles. The molecule has 0 unspecified atom stereocenters. The molecular formula is C22H30FIN4O3. The molecule has 0 atom stereocenters. The second-order valence-corrected chi connectivity index (χ2v) is 6.85. The monoisotopic (exact) mass is 544 g/mol. The highest BCUT2D eigenvalue weighted by Gasteiger charge is 2.10. The lowest BCUT2D eigenvalue weighted by Gasteiger charge is -2.23. The number of carbonyl (C=O) groups is 1. The molecule has 0 heterocycles. The summed E-state index contributed by atoms with van der Waals surface area (Å²) >= 11 is 0. The molecular weight excluding hydrogens is 514 g/mol. The minimum Gasteiger partial charge on any atom is -0.497 e. The van der Waals surface area contributed by atoms with E-state index < -0.39 is 0 Å². The van der Waals surface area contributed by atoms with Gasteiger partial charge in [0.25, 0.3) is 0 Å². The number of rotatable bonds is 9. The fourth-order valence-corrected chi connectivity index (χ4v) is 2.46. The van der Waals surface area contributed by atoms with Crippen molar-refractivity contribution in [3.8, 4) is 11.5 Å². The van der Waals surface area contributed by atoms with Gasteiger partial charge in [-0.3, -0.25) is 4.79 Å². The van der Waals surface area contributed by atoms with E-state index in [1.54, 1.807) is 33.3 Å². The molecule has 1 N–H and O–H groups in total. The van der Waals surface area contributed by atoms with Crippen LogP contribution in [0.15, 0.2) is 53.5 Å². The Bertz CT molecular complexity index is 830. The quantitative estimate of drug-likeness (QED) is 0.299. The van der Waals surface area contributed by atoms with E-state index in [1.807, 2.05) is 36.2 Å². The molecule has 7 nitrogen and oxygen atoms in total. The first-order valence-electron chi connectivity index (χ1n) is 9.60. The van der Waals surface area contributed by atoms with E-state index in [9.17, 15) is 9.18 Å². The van der Waals surface area contributed by atoms with Crippen molar-refractivity contribution in [2.45, 2.75) is 6.54 Å². The Morgan fingerprint density at radius 1 is 1.03 bits per heavy atom. The normalized spacial score (nSPS) is 10.7. The van der Waals surface area contributed by atoms with Crippen molar-refractivity contribution in [3.63, 3.8) is 0 Å². The van der Waals surface area contributed by atoms with Crippen LogP contribution < -0.4 is 14.8 Å². The van der Waals surface area contributed by atoms with Crippen LogP contribution in [0.2, 0.25) is 0 Å². The van der Waals surface area contributed by atoms with Crippen LogP contribution in [0.3, 0.4) is 0 Å². The van der Waals surface area contributed by atoms with Crippen LogP contribution >= 0.6 is 24.0 Å². The Kier molecular flexibility index (Phi) is 11.7. The van der Waals surface area contributed by atoms with E-state index in [-0.39, 0.29) is 42.2 Å². The Balaban J connectivity index is 0.00000480. The summed E-state index contributed by atoms with van der Waals surface area (Å²) in [6.45, 7) is 1.50. The van der Waals surface area contributed by atoms with Gasteiger partial charge in [-0.15, -0.1) is 24.0 Å². The van der Waals surface area contributed by atoms with Gasteiger partial charge >= 0.3 is 0 Å². The number of ether oxygens (including phenoxy) is 2. The number of methoxy groups -OCH3 is 1. The topological polar surface area (TPSA) is 66.4 Å². The molecule has 0 aliphatic carbocycles. The zero-order valence-electron chi connectivity index (χ0n) is 18.3. The minimum atomic E-state index is -0.304. The smallest absolute Gasteiger partial charge is 0.241 e. The Labute approximate surface area is 200 Å². The average Bonchev–Trinajstić information content (AvgIpc) is 2.75. The number of amides is 1. The number of hydrogen-bond donors (Lipinski definition) is 1. The van der Waals surface area contributed by atoms with Gasteiger partial charge in [0.1, 0.15) is 23.9 Å². The van der Waals surface area contributed by atoms with E-state index in [2.05, 4.69) is 10.3 Å². The lowest BCUT2D eigenvalue weighted by Crippen LogP contribution is -2.45. The van der Waals surface area contributed by atoms with Crippen molar-refractivity contribution in [1.29, 1.82) is 0 Å². The molecule has 0 aliphatic heterocycles. The first-order valence-corrected chi connectivity index (χ1v) is 9.60. The lowest BCUT2D eigenvalue weighted by atomic mass is 10.2. The molecule has 0 radical (unpaired) electrons. The summed E-state index contributed by atoms with van der Waals surface area (Å²) in [5.41, 5.74) is 1.02. The predicted octanol–water partition coefficient (Wildman–Crippen LogP) is 3.00. The maximum atomic E-state index is 13.0. The summed E-state index contributed by atoms with van der Waals surface area (Å²) in [6, 6.07) is 13.5. The molecule has 2 rings (SSSR count). The van der Waals surface area contributed by atoms with Gasteiger partial charge in [-0.05, 0) is 42.0 Å². The van der Waals surface area contributed by atoms with Crippen molar-refractivity contribution in [2.24, 2.45) is 4.99 Å². The highest BCUT2D eigenvalue weighted by Crippen LogP contribution is 2.12. The van der Waals surface area contributed by atoms with Crippen molar-refractivity contribution in [2.75, 3.05) is 47.9 Å². The highest BCUT2D eigenvalue weighted by molar-refractivity contribution is 14.0. The minimum absolute atomic E-state index is 0. The number of hydrogen-bond acceptors (Lipinski definition) is 4. The zero-order chi connectivity index (χ0) is 21.9. The van der Waals surface area contributed by atoms with Gasteiger partial charge < -0.3 is 24.6 Å². The van der Waals surface area contributed by atoms with Crippen LogP contribution in [0.25, 0.3) is 0 Å². The van der Waals surface area contributed by atoms with Crippen LogP contribution in [0.5, 0.6) is 11.5 Å². The second kappa shape index (κ2) is 13.7. The number of nitrogens with one attached hydrogen (secondary N) is 1. The van der Waals surface area contributed by atoms with Gasteiger partial charge in [-0.25, -0.2) is 9.38 Å². The van der Waals surface area contributed by atoms with E-state index >= 15 is 0 Å². The number of benzene rings is 2. The molecule has 2 aromatic rings. The maximum absolute atomic E-state index is 13.0. The van der Waals surface area contributed by atoms with E-state index in [1.165, 1.54) is 17.0 Å². The van der Waals surface area contributed by atoms with Crippen molar-refractivity contribution in [1.82, 2.24) is 15.1 Å². The Morgan fingerprint density at radius 2 is 1.65 bits per heavy atom. The number of aliphatic imine (C=N–C) groups is 1. The molecule has 170 valence electrons. The summed E-state index contributed by atoms with van der Waals surface area (Å²) < 4.78 is 23.8. The fourth-order valence-electron chi connectivity index (χ4n) is 2.46. The molecule has 9 heteroatoms. The zero-order valence-corrected chi connectivity index (χ0v) is 20.6. The third-order valence-electron chi connectivity index (χ3n) is 4.34. The van der Waals surface area contributed by atoms with Gasteiger partial charge in [0.05, 0.1) is 26.7 Å². The summed E-state index contributed by atoms with van der Waals surface area (Å²) in [4.78, 5) is 20.0. The fraction of sp³-hybridized carbons (Fsp3) is 0.364. The molecule has 1 amide bonds. The van der Waals surface area contributed by atoms with Crippen LogP contribution in [0.4, 0.5) is 4.39 Å². The summed E-state index contributed by atoms with van der Waals surface area (Å²) in [5, 5.41) is 3.10. The van der Waals surface area contributed by atoms with E-state index in [4.69, 9.17) is 9.47 Å². The molecule has 0 aliphatic rings. The molecule has 0 fully saturated rings. The van der Waals surface area contributed by atoms with Gasteiger partial charge in [0.2, 0.25) is 5.91 Å². The highest BCUT2D eigenvalue weighted by atomic mass is 127. The SMILES string of the molecule is COc1ccc(CN=C(NCC(=O)N(C)C)N(C)CCOc2ccc(F)cc2)cc1.I. The average molecular weight is 544 g/mol.